The van der Waals surface area contributed by atoms with Crippen LogP contribution in [0.1, 0.15) is 30.1 Å². The van der Waals surface area contributed by atoms with Crippen LogP contribution in [0.3, 0.4) is 0 Å². The normalized spacial score (nSPS) is 17.7. The minimum absolute atomic E-state index is 0.117. The van der Waals surface area contributed by atoms with Gasteiger partial charge < -0.3 is 5.32 Å². The summed E-state index contributed by atoms with van der Waals surface area (Å²) >= 11 is 0. The number of likely N-dealkylation sites (tertiary alicyclic amines) is 1. The summed E-state index contributed by atoms with van der Waals surface area (Å²) in [5, 5.41) is 2.80. The van der Waals surface area contributed by atoms with Crippen LogP contribution in [0.4, 0.5) is 4.39 Å². The van der Waals surface area contributed by atoms with Crippen LogP contribution in [0.2, 0.25) is 0 Å². The van der Waals surface area contributed by atoms with E-state index in [0.717, 1.165) is 13.1 Å². The SMILES string of the molecule is CC(CNC(=O)c1ccccc1F)N1CCCC1. The molecule has 1 aromatic rings. The number of amides is 1. The molecule has 1 N–H and O–H groups in total. The number of nitrogens with zero attached hydrogens (tertiary/aromatic N) is 1. The van der Waals surface area contributed by atoms with Crippen molar-refractivity contribution in [2.45, 2.75) is 25.8 Å². The topological polar surface area (TPSA) is 32.3 Å². The van der Waals surface area contributed by atoms with E-state index in [1.807, 2.05) is 0 Å². The van der Waals surface area contributed by atoms with Gasteiger partial charge in [0.25, 0.3) is 5.91 Å². The van der Waals surface area contributed by atoms with E-state index >= 15 is 0 Å². The lowest BCUT2D eigenvalue weighted by Crippen LogP contribution is -2.40. The lowest BCUT2D eigenvalue weighted by molar-refractivity contribution is 0.0936. The van der Waals surface area contributed by atoms with Crippen LogP contribution in [0.25, 0.3) is 0 Å². The summed E-state index contributed by atoms with van der Waals surface area (Å²) in [6, 6.07) is 6.37. The number of carbonyl (C=O) groups is 1. The standard InChI is InChI=1S/C14H19FN2O/c1-11(17-8-4-5-9-17)10-16-14(18)12-6-2-3-7-13(12)15/h2-3,6-7,11H,4-5,8-10H2,1H3,(H,16,18). The van der Waals surface area contributed by atoms with E-state index in [9.17, 15) is 9.18 Å². The van der Waals surface area contributed by atoms with E-state index in [1.54, 1.807) is 12.1 Å². The highest BCUT2D eigenvalue weighted by Gasteiger charge is 2.19. The first kappa shape index (κ1) is 13.0. The van der Waals surface area contributed by atoms with Gasteiger partial charge in [0.05, 0.1) is 5.56 Å². The van der Waals surface area contributed by atoms with E-state index in [4.69, 9.17) is 0 Å². The van der Waals surface area contributed by atoms with Gasteiger partial charge in [-0.2, -0.15) is 0 Å². The molecule has 1 amide bonds. The second-order valence-electron chi connectivity index (χ2n) is 4.78. The van der Waals surface area contributed by atoms with Gasteiger partial charge in [-0.1, -0.05) is 12.1 Å². The fourth-order valence-electron chi connectivity index (χ4n) is 2.29. The molecule has 18 heavy (non-hydrogen) atoms. The zero-order valence-electron chi connectivity index (χ0n) is 10.7. The maximum Gasteiger partial charge on any atom is 0.254 e. The fourth-order valence-corrected chi connectivity index (χ4v) is 2.29. The number of hydrogen-bond acceptors (Lipinski definition) is 2. The average Bonchev–Trinajstić information content (AvgIpc) is 2.90. The van der Waals surface area contributed by atoms with Crippen molar-refractivity contribution < 1.29 is 9.18 Å². The quantitative estimate of drug-likeness (QED) is 0.887. The van der Waals surface area contributed by atoms with Gasteiger partial charge in [0.2, 0.25) is 0 Å². The highest BCUT2D eigenvalue weighted by molar-refractivity contribution is 5.94. The van der Waals surface area contributed by atoms with Crippen LogP contribution in [0.15, 0.2) is 24.3 Å². The third-order valence-corrected chi connectivity index (χ3v) is 3.44. The zero-order valence-corrected chi connectivity index (χ0v) is 10.7. The molecular weight excluding hydrogens is 231 g/mol. The Kier molecular flexibility index (Phi) is 4.31. The largest absolute Gasteiger partial charge is 0.350 e. The Labute approximate surface area is 107 Å². The molecule has 3 nitrogen and oxygen atoms in total. The summed E-state index contributed by atoms with van der Waals surface area (Å²) in [6.45, 7) is 4.84. The van der Waals surface area contributed by atoms with Gasteiger partial charge in [0, 0.05) is 12.6 Å². The maximum atomic E-state index is 13.4. The van der Waals surface area contributed by atoms with E-state index in [-0.39, 0.29) is 11.5 Å². The molecule has 1 aromatic carbocycles. The van der Waals surface area contributed by atoms with Crippen molar-refractivity contribution in [2.24, 2.45) is 0 Å². The molecule has 1 aliphatic rings. The van der Waals surface area contributed by atoms with Crippen molar-refractivity contribution in [2.75, 3.05) is 19.6 Å². The van der Waals surface area contributed by atoms with E-state index in [1.165, 1.54) is 25.0 Å². The van der Waals surface area contributed by atoms with Gasteiger partial charge in [0.1, 0.15) is 5.82 Å². The minimum atomic E-state index is -0.469. The second kappa shape index (κ2) is 5.96. The summed E-state index contributed by atoms with van der Waals surface area (Å²) < 4.78 is 13.4. The van der Waals surface area contributed by atoms with Gasteiger partial charge in [-0.3, -0.25) is 9.69 Å². The van der Waals surface area contributed by atoms with Gasteiger partial charge in [-0.05, 0) is 45.0 Å². The molecule has 1 fully saturated rings. The lowest BCUT2D eigenvalue weighted by atomic mass is 10.2. The van der Waals surface area contributed by atoms with Gasteiger partial charge in [-0.25, -0.2) is 4.39 Å². The van der Waals surface area contributed by atoms with Crippen molar-refractivity contribution in [1.82, 2.24) is 10.2 Å². The molecule has 0 radical (unpaired) electrons. The molecule has 0 spiro atoms. The number of rotatable bonds is 4. The van der Waals surface area contributed by atoms with Crippen molar-refractivity contribution in [3.8, 4) is 0 Å². The van der Waals surface area contributed by atoms with E-state index in [0.29, 0.717) is 12.6 Å². The molecule has 4 heteroatoms. The Balaban J connectivity index is 1.86. The summed E-state index contributed by atoms with van der Waals surface area (Å²) in [5.41, 5.74) is 0.117. The highest BCUT2D eigenvalue weighted by Crippen LogP contribution is 2.11. The number of benzene rings is 1. The molecule has 1 saturated heterocycles. The number of carbonyl (C=O) groups excluding carboxylic acids is 1. The molecule has 1 atom stereocenters. The predicted octanol–water partition coefficient (Wildman–Crippen LogP) is 2.04. The maximum absolute atomic E-state index is 13.4. The molecule has 0 saturated carbocycles. The lowest BCUT2D eigenvalue weighted by Gasteiger charge is -2.23. The molecule has 0 bridgehead atoms. The minimum Gasteiger partial charge on any atom is -0.350 e. The van der Waals surface area contributed by atoms with Crippen molar-refractivity contribution in [3.05, 3.63) is 35.6 Å². The Morgan fingerprint density at radius 2 is 2.06 bits per heavy atom. The third kappa shape index (κ3) is 3.07. The number of nitrogens with one attached hydrogen (secondary N) is 1. The molecule has 98 valence electrons. The van der Waals surface area contributed by atoms with Crippen molar-refractivity contribution >= 4 is 5.91 Å². The molecule has 0 aromatic heterocycles. The monoisotopic (exact) mass is 250 g/mol. The van der Waals surface area contributed by atoms with E-state index < -0.39 is 5.82 Å². The fraction of sp³-hybridized carbons (Fsp3) is 0.500. The first-order valence-corrected chi connectivity index (χ1v) is 6.45. The van der Waals surface area contributed by atoms with Crippen LogP contribution in [-0.2, 0) is 0 Å². The van der Waals surface area contributed by atoms with Crippen LogP contribution >= 0.6 is 0 Å². The number of hydrogen-bond donors (Lipinski definition) is 1. The summed E-state index contributed by atoms with van der Waals surface area (Å²) in [6.07, 6.45) is 2.46. The predicted molar refractivity (Wildman–Crippen MR) is 69.0 cm³/mol. The second-order valence-corrected chi connectivity index (χ2v) is 4.78. The molecule has 1 unspecified atom stereocenters. The Morgan fingerprint density at radius 1 is 1.39 bits per heavy atom. The van der Waals surface area contributed by atoms with Crippen molar-refractivity contribution in [1.29, 1.82) is 0 Å². The smallest absolute Gasteiger partial charge is 0.254 e. The van der Waals surface area contributed by atoms with Crippen LogP contribution in [0.5, 0.6) is 0 Å². The summed E-state index contributed by atoms with van der Waals surface area (Å²) in [4.78, 5) is 14.2. The molecule has 1 aliphatic heterocycles. The zero-order chi connectivity index (χ0) is 13.0. The first-order chi connectivity index (χ1) is 8.68. The summed E-state index contributed by atoms with van der Waals surface area (Å²) in [7, 11) is 0. The Bertz CT molecular complexity index is 416. The van der Waals surface area contributed by atoms with Crippen molar-refractivity contribution in [3.63, 3.8) is 0 Å². The molecule has 0 aliphatic carbocycles. The van der Waals surface area contributed by atoms with Crippen LogP contribution < -0.4 is 5.32 Å². The molecule has 1 heterocycles. The van der Waals surface area contributed by atoms with Gasteiger partial charge >= 0.3 is 0 Å². The first-order valence-electron chi connectivity index (χ1n) is 6.45. The molecular formula is C14H19FN2O. The van der Waals surface area contributed by atoms with Gasteiger partial charge in [-0.15, -0.1) is 0 Å². The summed E-state index contributed by atoms with van der Waals surface area (Å²) in [5.74, 6) is -0.803. The van der Waals surface area contributed by atoms with Crippen LogP contribution in [0, 0.1) is 5.82 Å². The third-order valence-electron chi connectivity index (χ3n) is 3.44. The molecule has 2 rings (SSSR count). The highest BCUT2D eigenvalue weighted by atomic mass is 19.1. The van der Waals surface area contributed by atoms with E-state index in [2.05, 4.69) is 17.1 Å². The Morgan fingerprint density at radius 3 is 2.72 bits per heavy atom. The average molecular weight is 250 g/mol. The van der Waals surface area contributed by atoms with Crippen LogP contribution in [-0.4, -0.2) is 36.5 Å². The number of halogens is 1. The van der Waals surface area contributed by atoms with Gasteiger partial charge in [0.15, 0.2) is 0 Å². The Hall–Kier alpha value is -1.42.